The van der Waals surface area contributed by atoms with Gasteiger partial charge >= 0.3 is 17.9 Å². The van der Waals surface area contributed by atoms with E-state index in [4.69, 9.17) is 4.74 Å². The Bertz CT molecular complexity index is 2000. The van der Waals surface area contributed by atoms with E-state index in [0.29, 0.717) is 27.1 Å². The molecule has 0 aliphatic carbocycles. The molecule has 0 saturated carbocycles. The lowest BCUT2D eigenvalue weighted by atomic mass is 10.1. The van der Waals surface area contributed by atoms with Crippen molar-refractivity contribution in [1.82, 2.24) is 14.5 Å². The van der Waals surface area contributed by atoms with Gasteiger partial charge in [0.1, 0.15) is 23.5 Å². The predicted molar refractivity (Wildman–Crippen MR) is 143 cm³/mol. The normalized spacial score (nSPS) is 16.1. The van der Waals surface area contributed by atoms with E-state index in [1.807, 2.05) is 0 Å². The van der Waals surface area contributed by atoms with E-state index in [-0.39, 0.29) is 27.0 Å². The highest BCUT2D eigenvalue weighted by Crippen LogP contribution is 2.38. The fourth-order valence-electron chi connectivity index (χ4n) is 4.79. The molecule has 1 saturated heterocycles. The number of aromatic amines is 1. The molecule has 0 spiro atoms. The molecule has 5 aromatic rings. The lowest BCUT2D eigenvalue weighted by Gasteiger charge is -2.38. The van der Waals surface area contributed by atoms with Crippen molar-refractivity contribution in [2.45, 2.75) is 12.2 Å². The Morgan fingerprint density at radius 2 is 1.83 bits per heavy atom. The van der Waals surface area contributed by atoms with Crippen molar-refractivity contribution in [2.24, 2.45) is 0 Å². The average Bonchev–Trinajstić information content (AvgIpc) is 3.35. The summed E-state index contributed by atoms with van der Waals surface area (Å²) in [5.41, 5.74) is -0.361. The standard InChI is InChI=1S/C27H17F4N5O4S/c1-39-17-5-3-14(9-32)19(7-17)22-8-20-23(41-22)24(37)36(25(38)34-20)21-11-33-10-15-2-4-16(6-18(15)21)35-12-26(28,29)40-27(30,31)13-35/h2-8,10-11H,12-13H2,1H3,(H,34,38). The third kappa shape index (κ3) is 4.68. The maximum atomic E-state index is 13.9. The first-order valence-electron chi connectivity index (χ1n) is 11.9. The zero-order valence-electron chi connectivity index (χ0n) is 21.0. The number of benzene rings is 2. The molecule has 6 rings (SSSR count). The number of hydrogen-bond acceptors (Lipinski definition) is 8. The summed E-state index contributed by atoms with van der Waals surface area (Å²) < 4.78 is 65.5. The first-order chi connectivity index (χ1) is 19.5. The molecule has 0 unspecified atom stereocenters. The summed E-state index contributed by atoms with van der Waals surface area (Å²) in [5, 5.41) is 10.3. The monoisotopic (exact) mass is 583 g/mol. The predicted octanol–water partition coefficient (Wildman–Crippen LogP) is 4.86. The van der Waals surface area contributed by atoms with Crippen LogP contribution in [0.5, 0.6) is 5.75 Å². The lowest BCUT2D eigenvalue weighted by molar-refractivity contribution is -0.380. The first kappa shape index (κ1) is 26.5. The molecule has 1 aliphatic heterocycles. The van der Waals surface area contributed by atoms with E-state index < -0.39 is 36.6 Å². The molecular formula is C27H17F4N5O4S. The molecule has 1 fully saturated rings. The van der Waals surface area contributed by atoms with Crippen LogP contribution in [0, 0.1) is 11.3 Å². The van der Waals surface area contributed by atoms with E-state index >= 15 is 0 Å². The number of fused-ring (bicyclic) bond motifs is 2. The van der Waals surface area contributed by atoms with Gasteiger partial charge in [-0.3, -0.25) is 14.5 Å². The molecule has 4 heterocycles. The smallest absolute Gasteiger partial charge is 0.377 e. The van der Waals surface area contributed by atoms with Crippen LogP contribution in [0.4, 0.5) is 23.2 Å². The molecule has 41 heavy (non-hydrogen) atoms. The number of aromatic nitrogens is 3. The van der Waals surface area contributed by atoms with Gasteiger partial charge in [-0.25, -0.2) is 9.36 Å². The largest absolute Gasteiger partial charge is 0.497 e. The molecule has 0 atom stereocenters. The first-order valence-corrected chi connectivity index (χ1v) is 12.8. The van der Waals surface area contributed by atoms with Gasteiger partial charge < -0.3 is 14.6 Å². The number of alkyl halides is 4. The van der Waals surface area contributed by atoms with Crippen LogP contribution in [0.15, 0.2) is 64.4 Å². The minimum atomic E-state index is -4.10. The molecule has 2 aromatic carbocycles. The fourth-order valence-corrected chi connectivity index (χ4v) is 5.86. The van der Waals surface area contributed by atoms with Crippen molar-refractivity contribution in [1.29, 1.82) is 5.26 Å². The van der Waals surface area contributed by atoms with E-state index in [0.717, 1.165) is 20.8 Å². The van der Waals surface area contributed by atoms with Gasteiger partial charge in [0.25, 0.3) is 5.56 Å². The molecule has 3 aromatic heterocycles. The number of nitrogens with zero attached hydrogens (tertiary/aromatic N) is 4. The van der Waals surface area contributed by atoms with Gasteiger partial charge in [-0.2, -0.15) is 22.8 Å². The second-order valence-electron chi connectivity index (χ2n) is 9.24. The number of morpholine rings is 1. The molecule has 208 valence electrons. The van der Waals surface area contributed by atoms with Gasteiger partial charge in [-0.15, -0.1) is 11.3 Å². The van der Waals surface area contributed by atoms with Crippen molar-refractivity contribution in [2.75, 3.05) is 25.1 Å². The van der Waals surface area contributed by atoms with Crippen LogP contribution in [-0.2, 0) is 4.74 Å². The number of nitriles is 1. The average molecular weight is 584 g/mol. The van der Waals surface area contributed by atoms with Crippen molar-refractivity contribution >= 4 is 38.0 Å². The van der Waals surface area contributed by atoms with Gasteiger partial charge in [-0.1, -0.05) is 6.07 Å². The number of hydrogen-bond donors (Lipinski definition) is 1. The highest BCUT2D eigenvalue weighted by molar-refractivity contribution is 7.22. The zero-order chi connectivity index (χ0) is 29.1. The van der Waals surface area contributed by atoms with Gasteiger partial charge in [0.05, 0.1) is 36.1 Å². The number of ether oxygens (including phenoxy) is 2. The van der Waals surface area contributed by atoms with Crippen LogP contribution in [0.2, 0.25) is 0 Å². The van der Waals surface area contributed by atoms with Crippen molar-refractivity contribution in [3.8, 4) is 27.9 Å². The van der Waals surface area contributed by atoms with E-state index in [2.05, 4.69) is 20.8 Å². The summed E-state index contributed by atoms with van der Waals surface area (Å²) in [4.78, 5) is 35.0. The fraction of sp³-hybridized carbons (Fsp3) is 0.185. The number of nitrogens with one attached hydrogen (secondary N) is 1. The maximum absolute atomic E-state index is 13.9. The summed E-state index contributed by atoms with van der Waals surface area (Å²) in [6.07, 6.45) is -5.51. The van der Waals surface area contributed by atoms with Crippen molar-refractivity contribution < 1.29 is 27.0 Å². The third-order valence-corrected chi connectivity index (χ3v) is 7.72. The summed E-state index contributed by atoms with van der Waals surface area (Å²) >= 11 is 1.05. The van der Waals surface area contributed by atoms with Gasteiger partial charge in [0.2, 0.25) is 0 Å². The summed E-state index contributed by atoms with van der Waals surface area (Å²) in [7, 11) is 1.48. The molecule has 1 aliphatic rings. The SMILES string of the molecule is COc1ccc(C#N)c(-c2cc3[nH]c(=O)n(-c4cncc5ccc(N6CC(F)(F)OC(F)(F)C6)cc45)c(=O)c3s2)c1. The maximum Gasteiger partial charge on any atom is 0.377 e. The lowest BCUT2D eigenvalue weighted by Crippen LogP contribution is -2.55. The Balaban J connectivity index is 1.51. The molecule has 1 N–H and O–H groups in total. The van der Waals surface area contributed by atoms with Crippen LogP contribution in [0.25, 0.3) is 37.1 Å². The number of halogens is 4. The quantitative estimate of drug-likeness (QED) is 0.301. The summed E-state index contributed by atoms with van der Waals surface area (Å²) in [6, 6.07) is 12.7. The van der Waals surface area contributed by atoms with Crippen LogP contribution in [0.1, 0.15) is 5.56 Å². The summed E-state index contributed by atoms with van der Waals surface area (Å²) in [6.45, 7) is -2.23. The van der Waals surface area contributed by atoms with Crippen LogP contribution < -0.4 is 20.9 Å². The number of methoxy groups -OCH3 is 1. The molecule has 0 amide bonds. The summed E-state index contributed by atoms with van der Waals surface area (Å²) in [5.74, 6) is 0.496. The second-order valence-corrected chi connectivity index (χ2v) is 10.3. The van der Waals surface area contributed by atoms with Gasteiger partial charge in [0, 0.05) is 33.1 Å². The number of anilines is 1. The number of pyridine rings is 1. The van der Waals surface area contributed by atoms with Crippen LogP contribution in [0.3, 0.4) is 0 Å². The number of H-pyrrole nitrogens is 1. The Morgan fingerprint density at radius 3 is 2.54 bits per heavy atom. The molecule has 14 heteroatoms. The Labute approximate surface area is 231 Å². The zero-order valence-corrected chi connectivity index (χ0v) is 21.8. The molecule has 9 nitrogen and oxygen atoms in total. The van der Waals surface area contributed by atoms with E-state index in [9.17, 15) is 32.4 Å². The van der Waals surface area contributed by atoms with Crippen molar-refractivity contribution in [3.05, 3.63) is 81.3 Å². The third-order valence-electron chi connectivity index (χ3n) is 6.56. The number of thiophene rings is 1. The minimum Gasteiger partial charge on any atom is -0.497 e. The van der Waals surface area contributed by atoms with E-state index in [1.165, 1.54) is 37.7 Å². The van der Waals surface area contributed by atoms with Gasteiger partial charge in [0.15, 0.2) is 0 Å². The van der Waals surface area contributed by atoms with Gasteiger partial charge in [-0.05, 0) is 36.4 Å². The number of rotatable bonds is 4. The Kier molecular flexibility index (Phi) is 6.09. The Morgan fingerprint density at radius 1 is 1.07 bits per heavy atom. The molecule has 0 radical (unpaired) electrons. The topological polar surface area (TPSA) is 113 Å². The minimum absolute atomic E-state index is 0.0126. The molecular weight excluding hydrogens is 566 g/mol. The highest BCUT2D eigenvalue weighted by Gasteiger charge is 2.51. The van der Waals surface area contributed by atoms with E-state index in [1.54, 1.807) is 24.3 Å². The van der Waals surface area contributed by atoms with Crippen LogP contribution in [-0.4, -0.2) is 47.0 Å². The van der Waals surface area contributed by atoms with Crippen molar-refractivity contribution in [3.63, 3.8) is 0 Å². The highest BCUT2D eigenvalue weighted by atomic mass is 32.1. The molecule has 0 bridgehead atoms. The van der Waals surface area contributed by atoms with Crippen LogP contribution >= 0.6 is 11.3 Å². The Hall–Kier alpha value is -4.74. The second kappa shape index (κ2) is 9.43.